The van der Waals surface area contributed by atoms with Crippen molar-refractivity contribution in [2.75, 3.05) is 12.0 Å². The summed E-state index contributed by atoms with van der Waals surface area (Å²) in [5.74, 6) is 0.841. The molecule has 0 radical (unpaired) electrons. The number of hydrazone groups is 1. The number of nitrogens with one attached hydrogen (secondary N) is 1. The highest BCUT2D eigenvalue weighted by Gasteiger charge is 2.02. The largest absolute Gasteiger partial charge is 0.493 e. The molecule has 0 aliphatic heterocycles. The lowest BCUT2D eigenvalue weighted by atomic mass is 10.2. The van der Waals surface area contributed by atoms with Crippen molar-refractivity contribution in [3.05, 3.63) is 58.6 Å². The summed E-state index contributed by atoms with van der Waals surface area (Å²) in [7, 11) is 0. The lowest BCUT2D eigenvalue weighted by Gasteiger charge is -2.08. The Morgan fingerprint density at radius 2 is 2.00 bits per heavy atom. The van der Waals surface area contributed by atoms with Gasteiger partial charge in [-0.1, -0.05) is 41.1 Å². The summed E-state index contributed by atoms with van der Waals surface area (Å²) in [5.41, 5.74) is 4.89. The number of rotatable bonds is 6. The number of hydrogen-bond donors (Lipinski definition) is 1. The van der Waals surface area contributed by atoms with Gasteiger partial charge in [-0.3, -0.25) is 5.43 Å². The number of hydrogen-bond acceptors (Lipinski definition) is 3. The summed E-state index contributed by atoms with van der Waals surface area (Å²) in [6.07, 6.45) is 2.75. The highest BCUT2D eigenvalue weighted by Crippen LogP contribution is 2.22. The lowest BCUT2D eigenvalue weighted by molar-refractivity contribution is 0.317. The Morgan fingerprint density at radius 3 is 2.75 bits per heavy atom. The van der Waals surface area contributed by atoms with E-state index in [1.165, 1.54) is 0 Å². The van der Waals surface area contributed by atoms with Crippen LogP contribution in [0.25, 0.3) is 0 Å². The Kier molecular flexibility index (Phi) is 5.62. The van der Waals surface area contributed by atoms with E-state index in [1.807, 2.05) is 48.5 Å². The standard InChI is InChI=1S/C16H17BrN2O/c1-2-10-20-16-9-8-14(17)11-13(16)12-18-19-15-6-4-3-5-7-15/h3-9,11-12,19H,2,10H2,1H3. The Labute approximate surface area is 127 Å². The third-order valence-corrected chi connectivity index (χ3v) is 3.10. The van der Waals surface area contributed by atoms with E-state index in [4.69, 9.17) is 4.74 Å². The summed E-state index contributed by atoms with van der Waals surface area (Å²) in [4.78, 5) is 0. The molecule has 2 aromatic carbocycles. The van der Waals surface area contributed by atoms with Crippen LogP contribution in [0.3, 0.4) is 0 Å². The van der Waals surface area contributed by atoms with Crippen molar-refractivity contribution in [2.45, 2.75) is 13.3 Å². The van der Waals surface area contributed by atoms with Crippen LogP contribution in [-0.4, -0.2) is 12.8 Å². The topological polar surface area (TPSA) is 33.6 Å². The van der Waals surface area contributed by atoms with Crippen molar-refractivity contribution < 1.29 is 4.74 Å². The van der Waals surface area contributed by atoms with Gasteiger partial charge in [-0.25, -0.2) is 0 Å². The molecular weight excluding hydrogens is 316 g/mol. The van der Waals surface area contributed by atoms with Crippen LogP contribution in [0.4, 0.5) is 5.69 Å². The average Bonchev–Trinajstić information content (AvgIpc) is 2.47. The van der Waals surface area contributed by atoms with Crippen molar-refractivity contribution in [1.29, 1.82) is 0 Å². The van der Waals surface area contributed by atoms with E-state index < -0.39 is 0 Å². The molecule has 1 N–H and O–H groups in total. The molecule has 0 aliphatic carbocycles. The first-order valence-corrected chi connectivity index (χ1v) is 7.35. The van der Waals surface area contributed by atoms with Crippen LogP contribution >= 0.6 is 15.9 Å². The number of nitrogens with zero attached hydrogens (tertiary/aromatic N) is 1. The number of halogens is 1. The molecular formula is C16H17BrN2O. The highest BCUT2D eigenvalue weighted by molar-refractivity contribution is 9.10. The highest BCUT2D eigenvalue weighted by atomic mass is 79.9. The van der Waals surface area contributed by atoms with E-state index in [0.29, 0.717) is 6.61 Å². The summed E-state index contributed by atoms with van der Waals surface area (Å²) < 4.78 is 6.71. The monoisotopic (exact) mass is 332 g/mol. The fourth-order valence-electron chi connectivity index (χ4n) is 1.65. The molecule has 4 heteroatoms. The maximum absolute atomic E-state index is 5.70. The Hall–Kier alpha value is -1.81. The fourth-order valence-corrected chi connectivity index (χ4v) is 2.03. The van der Waals surface area contributed by atoms with Gasteiger partial charge in [0.25, 0.3) is 0 Å². The van der Waals surface area contributed by atoms with Crippen LogP contribution in [-0.2, 0) is 0 Å². The van der Waals surface area contributed by atoms with E-state index >= 15 is 0 Å². The molecule has 0 spiro atoms. The van der Waals surface area contributed by atoms with Crippen LogP contribution in [0.2, 0.25) is 0 Å². The van der Waals surface area contributed by atoms with Gasteiger partial charge < -0.3 is 4.74 Å². The maximum Gasteiger partial charge on any atom is 0.128 e. The lowest BCUT2D eigenvalue weighted by Crippen LogP contribution is -1.99. The SMILES string of the molecule is CCCOc1ccc(Br)cc1C=NNc1ccccc1. The fraction of sp³-hybridized carbons (Fsp3) is 0.188. The Morgan fingerprint density at radius 1 is 1.20 bits per heavy atom. The zero-order chi connectivity index (χ0) is 14.2. The molecule has 0 fully saturated rings. The average molecular weight is 333 g/mol. The summed E-state index contributed by atoms with van der Waals surface area (Å²) in [5, 5.41) is 4.25. The van der Waals surface area contributed by atoms with Crippen LogP contribution < -0.4 is 10.2 Å². The van der Waals surface area contributed by atoms with E-state index in [1.54, 1.807) is 6.21 Å². The van der Waals surface area contributed by atoms with Gasteiger partial charge in [-0.05, 0) is 36.8 Å². The van der Waals surface area contributed by atoms with Gasteiger partial charge in [0.05, 0.1) is 18.5 Å². The zero-order valence-corrected chi connectivity index (χ0v) is 12.9. The number of para-hydroxylation sites is 1. The molecule has 0 heterocycles. The zero-order valence-electron chi connectivity index (χ0n) is 11.3. The second-order valence-corrected chi connectivity index (χ2v) is 5.18. The van der Waals surface area contributed by atoms with Gasteiger partial charge in [0.1, 0.15) is 5.75 Å². The minimum atomic E-state index is 0.703. The molecule has 0 aromatic heterocycles. The van der Waals surface area contributed by atoms with E-state index in [-0.39, 0.29) is 0 Å². The molecule has 20 heavy (non-hydrogen) atoms. The second-order valence-electron chi connectivity index (χ2n) is 4.27. The van der Waals surface area contributed by atoms with Crippen LogP contribution in [0.15, 0.2) is 58.1 Å². The quantitative estimate of drug-likeness (QED) is 0.615. The van der Waals surface area contributed by atoms with Crippen molar-refractivity contribution in [3.63, 3.8) is 0 Å². The first kappa shape index (κ1) is 14.6. The molecule has 0 unspecified atom stereocenters. The molecule has 0 saturated carbocycles. The van der Waals surface area contributed by atoms with Crippen molar-refractivity contribution >= 4 is 27.8 Å². The van der Waals surface area contributed by atoms with Crippen LogP contribution in [0.5, 0.6) is 5.75 Å². The first-order valence-electron chi connectivity index (χ1n) is 6.56. The predicted molar refractivity (Wildman–Crippen MR) is 87.6 cm³/mol. The van der Waals surface area contributed by atoms with Gasteiger partial charge in [-0.15, -0.1) is 0 Å². The molecule has 0 amide bonds. The normalized spacial score (nSPS) is 10.7. The summed E-state index contributed by atoms with van der Waals surface area (Å²) in [6, 6.07) is 15.7. The van der Waals surface area contributed by atoms with E-state index in [9.17, 15) is 0 Å². The molecule has 0 atom stereocenters. The maximum atomic E-state index is 5.70. The van der Waals surface area contributed by atoms with E-state index in [2.05, 4.69) is 33.4 Å². The molecule has 0 aliphatic rings. The van der Waals surface area contributed by atoms with Gasteiger partial charge in [0.15, 0.2) is 0 Å². The van der Waals surface area contributed by atoms with E-state index in [0.717, 1.165) is 27.9 Å². The smallest absolute Gasteiger partial charge is 0.128 e. The van der Waals surface area contributed by atoms with Crippen LogP contribution in [0, 0.1) is 0 Å². The second kappa shape index (κ2) is 7.70. The predicted octanol–water partition coefficient (Wildman–Crippen LogP) is 4.68. The Balaban J connectivity index is 2.09. The molecule has 3 nitrogen and oxygen atoms in total. The van der Waals surface area contributed by atoms with Crippen molar-refractivity contribution in [1.82, 2.24) is 0 Å². The molecule has 0 saturated heterocycles. The number of ether oxygens (including phenoxy) is 1. The number of anilines is 1. The van der Waals surface area contributed by atoms with Gasteiger partial charge in [0.2, 0.25) is 0 Å². The van der Waals surface area contributed by atoms with Crippen molar-refractivity contribution in [3.8, 4) is 5.75 Å². The molecule has 2 rings (SSSR count). The summed E-state index contributed by atoms with van der Waals surface area (Å²) in [6.45, 7) is 2.79. The third kappa shape index (κ3) is 4.38. The third-order valence-electron chi connectivity index (χ3n) is 2.60. The van der Waals surface area contributed by atoms with Gasteiger partial charge >= 0.3 is 0 Å². The molecule has 2 aromatic rings. The van der Waals surface area contributed by atoms with Gasteiger partial charge in [-0.2, -0.15) is 5.10 Å². The summed E-state index contributed by atoms with van der Waals surface area (Å²) >= 11 is 3.46. The minimum absolute atomic E-state index is 0.703. The van der Waals surface area contributed by atoms with Crippen molar-refractivity contribution in [2.24, 2.45) is 5.10 Å². The minimum Gasteiger partial charge on any atom is -0.493 e. The van der Waals surface area contributed by atoms with Crippen LogP contribution in [0.1, 0.15) is 18.9 Å². The first-order chi connectivity index (χ1) is 9.79. The molecule has 0 bridgehead atoms. The number of benzene rings is 2. The van der Waals surface area contributed by atoms with Gasteiger partial charge in [0, 0.05) is 10.0 Å². The molecule has 104 valence electrons. The Bertz CT molecular complexity index is 570.